The summed E-state index contributed by atoms with van der Waals surface area (Å²) in [5, 5.41) is 13.9. The van der Waals surface area contributed by atoms with Gasteiger partial charge in [0.25, 0.3) is 7.82 Å². The minimum absolute atomic E-state index is 0.0161. The monoisotopic (exact) mass is 803 g/mol. The van der Waals surface area contributed by atoms with Crippen molar-refractivity contribution in [2.75, 3.05) is 40.9 Å². The molecule has 0 saturated heterocycles. The number of hydrogen-bond acceptors (Lipinski definition) is 6. The van der Waals surface area contributed by atoms with Crippen molar-refractivity contribution >= 4 is 13.7 Å². The lowest BCUT2D eigenvalue weighted by Crippen LogP contribution is -2.46. The van der Waals surface area contributed by atoms with Crippen LogP contribution in [0.1, 0.15) is 239 Å². The number of hydrogen-bond donors (Lipinski definition) is 2. The molecule has 0 aliphatic carbocycles. The molecular formula is C46H95N2O6P. The molecule has 0 rings (SSSR count). The van der Waals surface area contributed by atoms with Gasteiger partial charge >= 0.3 is 0 Å². The van der Waals surface area contributed by atoms with Crippen LogP contribution in [-0.4, -0.2) is 68.5 Å². The maximum Gasteiger partial charge on any atom is 0.268 e. The molecule has 9 heteroatoms. The summed E-state index contributed by atoms with van der Waals surface area (Å²) in [6.07, 6.45) is 42.5. The Hall–Kier alpha value is -0.500. The Morgan fingerprint density at radius 2 is 0.891 bits per heavy atom. The molecule has 2 N–H and O–H groups in total. The van der Waals surface area contributed by atoms with Gasteiger partial charge in [0.2, 0.25) is 5.91 Å². The standard InChI is InChI=1S/C46H95N2O6P/c1-6-8-10-12-14-16-18-20-21-22-23-24-25-26-28-30-32-34-36-38-40-46(50)47-44(43-54-55(51,52)53-42-41-48(3,4)5)45(49)39-37-35-33-31-29-27-19-17-15-13-11-9-7-2/h44-45,49H,6-43H2,1-5H3,(H-,47,50,51,52)/t44-,45+/m1/s1. The van der Waals surface area contributed by atoms with E-state index in [1.165, 1.54) is 173 Å². The minimum Gasteiger partial charge on any atom is -0.756 e. The lowest BCUT2D eigenvalue weighted by molar-refractivity contribution is -0.870. The SMILES string of the molecule is CCCCCCCCCCCCCCCCCCCCCCC(=O)N[C@H](COP(=O)([O-])OCC[N+](C)(C)C)[C@@H](O)CCCCCCCCCCCCCCC. The van der Waals surface area contributed by atoms with Gasteiger partial charge in [-0.1, -0.05) is 219 Å². The zero-order valence-electron chi connectivity index (χ0n) is 37.4. The van der Waals surface area contributed by atoms with E-state index in [0.29, 0.717) is 23.9 Å². The topological polar surface area (TPSA) is 108 Å². The number of phosphoric acid groups is 1. The number of unbranched alkanes of at least 4 members (excludes halogenated alkanes) is 31. The van der Waals surface area contributed by atoms with Gasteiger partial charge in [-0.3, -0.25) is 9.36 Å². The van der Waals surface area contributed by atoms with Crippen LogP contribution in [0.3, 0.4) is 0 Å². The highest BCUT2D eigenvalue weighted by Gasteiger charge is 2.24. The third-order valence-corrected chi connectivity index (χ3v) is 12.1. The van der Waals surface area contributed by atoms with Crippen LogP contribution in [0.15, 0.2) is 0 Å². The number of carbonyl (C=O) groups excluding carboxylic acids is 1. The first-order valence-electron chi connectivity index (χ1n) is 23.9. The van der Waals surface area contributed by atoms with Crippen LogP contribution in [-0.2, 0) is 18.4 Å². The number of amides is 1. The lowest BCUT2D eigenvalue weighted by atomic mass is 10.0. The number of likely N-dealkylation sites (N-methyl/N-ethyl adjacent to an activating group) is 1. The molecule has 0 aromatic carbocycles. The fourth-order valence-corrected chi connectivity index (χ4v) is 8.00. The highest BCUT2D eigenvalue weighted by atomic mass is 31.2. The number of aliphatic hydroxyl groups is 1. The number of rotatable bonds is 44. The first kappa shape index (κ1) is 54.5. The van der Waals surface area contributed by atoms with Crippen molar-refractivity contribution < 1.29 is 32.9 Å². The molecule has 0 aromatic rings. The molecule has 0 fully saturated rings. The summed E-state index contributed by atoms with van der Waals surface area (Å²) in [7, 11) is 1.32. The lowest BCUT2D eigenvalue weighted by Gasteiger charge is -2.30. The molecule has 0 spiro atoms. The van der Waals surface area contributed by atoms with E-state index in [4.69, 9.17) is 9.05 Å². The number of phosphoric ester groups is 1. The predicted octanol–water partition coefficient (Wildman–Crippen LogP) is 12.7. The van der Waals surface area contributed by atoms with E-state index in [2.05, 4.69) is 19.2 Å². The second-order valence-corrected chi connectivity index (χ2v) is 19.2. The molecule has 0 aliphatic heterocycles. The van der Waals surface area contributed by atoms with Gasteiger partial charge in [0.1, 0.15) is 13.2 Å². The molecule has 0 heterocycles. The first-order valence-corrected chi connectivity index (χ1v) is 25.3. The van der Waals surface area contributed by atoms with Crippen molar-refractivity contribution in [1.82, 2.24) is 5.32 Å². The van der Waals surface area contributed by atoms with Crippen LogP contribution in [0.2, 0.25) is 0 Å². The van der Waals surface area contributed by atoms with Gasteiger partial charge in [-0.2, -0.15) is 0 Å². The van der Waals surface area contributed by atoms with Gasteiger partial charge < -0.3 is 28.8 Å². The van der Waals surface area contributed by atoms with Crippen molar-refractivity contribution in [1.29, 1.82) is 0 Å². The average molecular weight is 803 g/mol. The highest BCUT2D eigenvalue weighted by molar-refractivity contribution is 7.45. The number of nitrogens with one attached hydrogen (secondary N) is 1. The summed E-state index contributed by atoms with van der Waals surface area (Å²) < 4.78 is 23.3. The average Bonchev–Trinajstić information content (AvgIpc) is 3.13. The predicted molar refractivity (Wildman–Crippen MR) is 233 cm³/mol. The van der Waals surface area contributed by atoms with Crippen molar-refractivity contribution in [2.45, 2.75) is 251 Å². The maximum absolute atomic E-state index is 12.9. The molecule has 330 valence electrons. The number of aliphatic hydroxyl groups excluding tert-OH is 1. The van der Waals surface area contributed by atoms with Crippen LogP contribution >= 0.6 is 7.82 Å². The molecule has 3 atom stereocenters. The first-order chi connectivity index (χ1) is 26.5. The molecule has 1 unspecified atom stereocenters. The Balaban J connectivity index is 4.23. The largest absolute Gasteiger partial charge is 0.756 e. The molecule has 0 bridgehead atoms. The third kappa shape index (κ3) is 41.5. The summed E-state index contributed by atoms with van der Waals surface area (Å²) in [6, 6.07) is -0.792. The normalized spacial score (nSPS) is 14.2. The van der Waals surface area contributed by atoms with Crippen molar-refractivity contribution in [2.24, 2.45) is 0 Å². The summed E-state index contributed by atoms with van der Waals surface area (Å²) in [6.45, 7) is 4.74. The molecule has 0 aliphatic rings. The number of nitrogens with zero attached hydrogens (tertiary/aromatic N) is 1. The van der Waals surface area contributed by atoms with Crippen LogP contribution in [0.25, 0.3) is 0 Å². The second kappa shape index (κ2) is 39.0. The van der Waals surface area contributed by atoms with Crippen LogP contribution in [0.4, 0.5) is 0 Å². The van der Waals surface area contributed by atoms with Crippen LogP contribution in [0, 0.1) is 0 Å². The van der Waals surface area contributed by atoms with E-state index >= 15 is 0 Å². The number of carbonyl (C=O) groups is 1. The fourth-order valence-electron chi connectivity index (χ4n) is 7.28. The Morgan fingerprint density at radius 3 is 1.24 bits per heavy atom. The molecular weight excluding hydrogens is 707 g/mol. The van der Waals surface area contributed by atoms with E-state index in [9.17, 15) is 19.4 Å². The van der Waals surface area contributed by atoms with E-state index in [-0.39, 0.29) is 19.1 Å². The van der Waals surface area contributed by atoms with Gasteiger partial charge in [-0.25, -0.2) is 0 Å². The summed E-state index contributed by atoms with van der Waals surface area (Å²) in [5.74, 6) is -0.160. The summed E-state index contributed by atoms with van der Waals surface area (Å²) in [4.78, 5) is 25.4. The molecule has 0 saturated carbocycles. The van der Waals surface area contributed by atoms with Crippen LogP contribution < -0.4 is 10.2 Å². The Morgan fingerprint density at radius 1 is 0.564 bits per heavy atom. The van der Waals surface area contributed by atoms with E-state index in [0.717, 1.165) is 38.5 Å². The molecule has 0 radical (unpaired) electrons. The highest BCUT2D eigenvalue weighted by Crippen LogP contribution is 2.38. The Kier molecular flexibility index (Phi) is 38.6. The fraction of sp³-hybridized carbons (Fsp3) is 0.978. The van der Waals surface area contributed by atoms with Gasteiger partial charge in [0.05, 0.1) is 39.9 Å². The van der Waals surface area contributed by atoms with Gasteiger partial charge in [0, 0.05) is 6.42 Å². The molecule has 55 heavy (non-hydrogen) atoms. The zero-order chi connectivity index (χ0) is 40.7. The van der Waals surface area contributed by atoms with E-state index in [1.807, 2.05) is 21.1 Å². The quantitative estimate of drug-likeness (QED) is 0.0361. The van der Waals surface area contributed by atoms with Crippen LogP contribution in [0.5, 0.6) is 0 Å². The minimum atomic E-state index is -4.56. The van der Waals surface area contributed by atoms with Gasteiger partial charge in [0.15, 0.2) is 0 Å². The summed E-state index contributed by atoms with van der Waals surface area (Å²) >= 11 is 0. The van der Waals surface area contributed by atoms with Gasteiger partial charge in [-0.05, 0) is 12.8 Å². The van der Waals surface area contributed by atoms with E-state index < -0.39 is 20.0 Å². The molecule has 8 nitrogen and oxygen atoms in total. The zero-order valence-corrected chi connectivity index (χ0v) is 38.3. The smallest absolute Gasteiger partial charge is 0.268 e. The second-order valence-electron chi connectivity index (χ2n) is 17.8. The Labute approximate surface area is 342 Å². The van der Waals surface area contributed by atoms with Gasteiger partial charge in [-0.15, -0.1) is 0 Å². The van der Waals surface area contributed by atoms with Crippen molar-refractivity contribution in [3.05, 3.63) is 0 Å². The van der Waals surface area contributed by atoms with Crippen molar-refractivity contribution in [3.8, 4) is 0 Å². The molecule has 0 aromatic heterocycles. The Bertz CT molecular complexity index is 870. The summed E-state index contributed by atoms with van der Waals surface area (Å²) in [5.41, 5.74) is 0. The third-order valence-electron chi connectivity index (χ3n) is 11.1. The maximum atomic E-state index is 12.9. The van der Waals surface area contributed by atoms with E-state index in [1.54, 1.807) is 0 Å². The van der Waals surface area contributed by atoms with Crippen molar-refractivity contribution in [3.63, 3.8) is 0 Å². The number of quaternary nitrogens is 1. The molecule has 1 amide bonds.